The molecule has 3 aromatic rings. The number of anilines is 1. The Bertz CT molecular complexity index is 1290. The fraction of sp³-hybridized carbons (Fsp3) is 0.231. The van der Waals surface area contributed by atoms with Crippen LogP contribution in [0.3, 0.4) is 0 Å². The van der Waals surface area contributed by atoms with Crippen molar-refractivity contribution in [3.8, 4) is 0 Å². The van der Waals surface area contributed by atoms with Crippen LogP contribution in [-0.4, -0.2) is 47.8 Å². The lowest BCUT2D eigenvalue weighted by molar-refractivity contribution is -0.151. The van der Waals surface area contributed by atoms with Crippen LogP contribution in [0.2, 0.25) is 0 Å². The summed E-state index contributed by atoms with van der Waals surface area (Å²) in [4.78, 5) is 51.0. The molecule has 34 heavy (non-hydrogen) atoms. The first-order valence-electron chi connectivity index (χ1n) is 10.7. The maximum atomic E-state index is 13.5. The highest BCUT2D eigenvalue weighted by molar-refractivity contribution is 6.05. The van der Waals surface area contributed by atoms with Crippen molar-refractivity contribution in [2.75, 3.05) is 18.1 Å². The number of Topliss-reactive ketones (excluding diaryl/α,β-unsaturated/α-hetero) is 1. The van der Waals surface area contributed by atoms with E-state index in [4.69, 9.17) is 5.73 Å². The van der Waals surface area contributed by atoms with Crippen LogP contribution in [0.5, 0.6) is 0 Å². The second kappa shape index (κ2) is 9.15. The molecule has 0 saturated heterocycles. The number of carbonyl (C=O) groups is 4. The molecule has 0 bridgehead atoms. The summed E-state index contributed by atoms with van der Waals surface area (Å²) in [5.41, 5.74) is 4.98. The minimum atomic E-state index is -2.63. The number of ketones is 1. The molecule has 174 valence electrons. The summed E-state index contributed by atoms with van der Waals surface area (Å²) in [7, 11) is 0. The summed E-state index contributed by atoms with van der Waals surface area (Å²) < 4.78 is 13.5. The van der Waals surface area contributed by atoms with Crippen molar-refractivity contribution in [1.29, 1.82) is 0 Å². The maximum Gasteiger partial charge on any atom is 0.331 e. The van der Waals surface area contributed by atoms with Gasteiger partial charge in [-0.3, -0.25) is 9.59 Å². The number of nitrogens with two attached hydrogens (primary N) is 1. The summed E-state index contributed by atoms with van der Waals surface area (Å²) in [5, 5.41) is 11.5. The predicted octanol–water partition coefficient (Wildman–Crippen LogP) is 2.65. The molecule has 0 radical (unpaired) electrons. The number of aldehydes is 1. The van der Waals surface area contributed by atoms with Crippen LogP contribution in [-0.2, 0) is 25.6 Å². The van der Waals surface area contributed by atoms with Crippen molar-refractivity contribution in [1.82, 2.24) is 0 Å². The van der Waals surface area contributed by atoms with Crippen LogP contribution in [0.4, 0.5) is 10.1 Å². The molecule has 1 aliphatic rings. The van der Waals surface area contributed by atoms with Crippen molar-refractivity contribution in [2.45, 2.75) is 17.9 Å². The van der Waals surface area contributed by atoms with Gasteiger partial charge in [0.25, 0.3) is 0 Å². The number of aliphatic carboxylic acids is 1. The van der Waals surface area contributed by atoms with Gasteiger partial charge in [0.1, 0.15) is 6.67 Å². The fourth-order valence-electron chi connectivity index (χ4n) is 4.83. The number of benzene rings is 3. The molecule has 0 aliphatic carbocycles. The Morgan fingerprint density at radius 3 is 2.47 bits per heavy atom. The molecule has 1 aliphatic heterocycles. The zero-order valence-electron chi connectivity index (χ0n) is 18.2. The van der Waals surface area contributed by atoms with Gasteiger partial charge in [0.2, 0.25) is 5.91 Å². The number of nitrogens with zero attached hydrogens (tertiary/aromatic N) is 1. The third-order valence-electron chi connectivity index (χ3n) is 6.49. The quantitative estimate of drug-likeness (QED) is 0.393. The van der Waals surface area contributed by atoms with Crippen molar-refractivity contribution in [2.24, 2.45) is 11.7 Å². The Morgan fingerprint density at radius 1 is 1.09 bits per heavy atom. The lowest BCUT2D eigenvalue weighted by Crippen LogP contribution is -2.60. The minimum Gasteiger partial charge on any atom is -0.480 e. The number of para-hydroxylation sites is 1. The van der Waals surface area contributed by atoms with Gasteiger partial charge in [-0.25, -0.2) is 9.18 Å². The second-order valence-corrected chi connectivity index (χ2v) is 8.42. The largest absolute Gasteiger partial charge is 0.480 e. The average Bonchev–Trinajstić information content (AvgIpc) is 3.23. The molecule has 0 spiro atoms. The fourth-order valence-corrected chi connectivity index (χ4v) is 4.83. The minimum absolute atomic E-state index is 0.0310. The van der Waals surface area contributed by atoms with E-state index in [1.807, 2.05) is 42.5 Å². The molecule has 2 unspecified atom stereocenters. The first-order valence-corrected chi connectivity index (χ1v) is 10.7. The van der Waals surface area contributed by atoms with Gasteiger partial charge in [-0.05, 0) is 28.0 Å². The van der Waals surface area contributed by atoms with Crippen LogP contribution >= 0.6 is 0 Å². The number of amides is 1. The standard InChI is InChI=1S/C26H23FN2O5/c27-13-22(31)24(26(28,15-30)25(33)34)20-14-29(21-11-4-3-10-19(20)21)23(32)12-17-8-5-7-16-6-1-2-9-18(16)17/h1-11,15,20,24H,12-14,28H2,(H,33,34)/t20?,24?,26-/m1/s1. The molecule has 0 aromatic heterocycles. The van der Waals surface area contributed by atoms with E-state index in [0.29, 0.717) is 11.3 Å². The van der Waals surface area contributed by atoms with Gasteiger partial charge in [0.15, 0.2) is 17.6 Å². The Balaban J connectivity index is 1.73. The summed E-state index contributed by atoms with van der Waals surface area (Å²) in [6.07, 6.45) is 0.0290. The molecule has 3 atom stereocenters. The molecule has 3 aromatic carbocycles. The summed E-state index contributed by atoms with van der Waals surface area (Å²) >= 11 is 0. The lowest BCUT2D eigenvalue weighted by Gasteiger charge is -2.32. The van der Waals surface area contributed by atoms with Crippen LogP contribution in [0.1, 0.15) is 17.0 Å². The first kappa shape index (κ1) is 23.3. The second-order valence-electron chi connectivity index (χ2n) is 8.42. The number of carboxylic acids is 1. The van der Waals surface area contributed by atoms with Gasteiger partial charge < -0.3 is 20.5 Å². The van der Waals surface area contributed by atoms with Gasteiger partial charge in [-0.1, -0.05) is 60.7 Å². The Hall–Kier alpha value is -3.91. The van der Waals surface area contributed by atoms with Crippen molar-refractivity contribution >= 4 is 40.4 Å². The molecule has 1 heterocycles. The van der Waals surface area contributed by atoms with E-state index in [1.54, 1.807) is 24.3 Å². The number of fused-ring (bicyclic) bond motifs is 2. The van der Waals surface area contributed by atoms with Gasteiger partial charge in [0, 0.05) is 18.2 Å². The van der Waals surface area contributed by atoms with Crippen LogP contribution < -0.4 is 10.6 Å². The molecule has 7 nitrogen and oxygen atoms in total. The van der Waals surface area contributed by atoms with E-state index >= 15 is 0 Å². The first-order chi connectivity index (χ1) is 16.3. The van der Waals surface area contributed by atoms with Gasteiger partial charge in [0.05, 0.1) is 12.3 Å². The molecule has 1 amide bonds. The maximum absolute atomic E-state index is 13.5. The van der Waals surface area contributed by atoms with E-state index in [1.165, 1.54) is 4.90 Å². The van der Waals surface area contributed by atoms with E-state index in [9.17, 15) is 28.7 Å². The molecule has 0 fully saturated rings. The van der Waals surface area contributed by atoms with Crippen LogP contribution in [0.15, 0.2) is 66.7 Å². The molecule has 4 rings (SSSR count). The summed E-state index contributed by atoms with van der Waals surface area (Å²) in [6.45, 7) is -1.58. The number of carboxylic acid groups (broad SMARTS) is 1. The van der Waals surface area contributed by atoms with Crippen LogP contribution in [0, 0.1) is 5.92 Å². The highest BCUT2D eigenvalue weighted by Gasteiger charge is 2.53. The number of hydrogen-bond donors (Lipinski definition) is 2. The third-order valence-corrected chi connectivity index (χ3v) is 6.49. The molecular weight excluding hydrogens is 439 g/mol. The number of alkyl halides is 1. The van der Waals surface area contributed by atoms with Gasteiger partial charge >= 0.3 is 5.97 Å². The predicted molar refractivity (Wildman–Crippen MR) is 124 cm³/mol. The zero-order valence-corrected chi connectivity index (χ0v) is 18.2. The lowest BCUT2D eigenvalue weighted by atomic mass is 9.72. The monoisotopic (exact) mass is 462 g/mol. The smallest absolute Gasteiger partial charge is 0.331 e. The Labute approximate surface area is 195 Å². The highest BCUT2D eigenvalue weighted by atomic mass is 19.1. The average molecular weight is 462 g/mol. The Kier molecular flexibility index (Phi) is 6.26. The molecule has 3 N–H and O–H groups in total. The van der Waals surface area contributed by atoms with Crippen molar-refractivity contribution in [3.63, 3.8) is 0 Å². The zero-order chi connectivity index (χ0) is 24.5. The summed E-state index contributed by atoms with van der Waals surface area (Å²) in [6, 6.07) is 20.0. The van der Waals surface area contributed by atoms with E-state index in [0.717, 1.165) is 16.3 Å². The number of carbonyl (C=O) groups excluding carboxylic acids is 3. The van der Waals surface area contributed by atoms with Gasteiger partial charge in [-0.2, -0.15) is 0 Å². The molecule has 8 heteroatoms. The van der Waals surface area contributed by atoms with Crippen molar-refractivity contribution in [3.05, 3.63) is 77.9 Å². The SMILES string of the molecule is N[C@@](C=O)(C(=O)O)C(C(=O)CF)C1CN(C(=O)Cc2cccc3ccccc23)c2ccccc21. The van der Waals surface area contributed by atoms with Gasteiger partial charge in [-0.15, -0.1) is 0 Å². The van der Waals surface area contributed by atoms with Crippen LogP contribution in [0.25, 0.3) is 10.8 Å². The summed E-state index contributed by atoms with van der Waals surface area (Å²) in [5.74, 6) is -5.74. The Morgan fingerprint density at radius 2 is 1.76 bits per heavy atom. The molecule has 0 saturated carbocycles. The number of rotatable bonds is 8. The van der Waals surface area contributed by atoms with E-state index in [2.05, 4.69) is 0 Å². The van der Waals surface area contributed by atoms with E-state index in [-0.39, 0.29) is 25.2 Å². The van der Waals surface area contributed by atoms with E-state index < -0.39 is 35.8 Å². The third kappa shape index (κ3) is 3.86. The highest BCUT2D eigenvalue weighted by Crippen LogP contribution is 2.43. The number of hydrogen-bond acceptors (Lipinski definition) is 5. The normalized spacial score (nSPS) is 17.6. The van der Waals surface area contributed by atoms with Crippen molar-refractivity contribution < 1.29 is 28.7 Å². The topological polar surface area (TPSA) is 118 Å². The number of halogens is 1. The molecular formula is C26H23FN2O5.